The smallest absolute Gasteiger partial charge is 0.255 e. The van der Waals surface area contributed by atoms with Crippen molar-refractivity contribution in [3.8, 4) is 5.75 Å². The van der Waals surface area contributed by atoms with Crippen LogP contribution in [-0.4, -0.2) is 79.3 Å². The zero-order chi connectivity index (χ0) is 27.1. The third kappa shape index (κ3) is 7.34. The second-order valence-electron chi connectivity index (χ2n) is 10.2. The molecule has 0 spiro atoms. The van der Waals surface area contributed by atoms with Crippen LogP contribution in [0.1, 0.15) is 41.6 Å². The molecule has 9 nitrogen and oxygen atoms in total. The summed E-state index contributed by atoms with van der Waals surface area (Å²) in [7, 11) is 3.28. The fraction of sp³-hybridized carbons (Fsp3) is 0.448. The van der Waals surface area contributed by atoms with Crippen LogP contribution in [-0.2, 0) is 20.8 Å². The normalized spacial score (nSPS) is 21.5. The molecule has 0 aromatic heterocycles. The number of hydrogen-bond acceptors (Lipinski definition) is 5. The number of nitrogens with zero attached hydrogens (tertiary/aromatic N) is 2. The van der Waals surface area contributed by atoms with Crippen molar-refractivity contribution in [3.05, 3.63) is 65.7 Å². The summed E-state index contributed by atoms with van der Waals surface area (Å²) in [5.41, 5.74) is 1.33. The molecule has 2 aromatic carbocycles. The molecule has 1 heterocycles. The minimum atomic E-state index is -0.888. The van der Waals surface area contributed by atoms with E-state index in [-0.39, 0.29) is 49.8 Å². The summed E-state index contributed by atoms with van der Waals surface area (Å²) in [5.74, 6) is -0.419. The SMILES string of the molecule is CN1CC(=O)N(C)[C@H](Cc2ccccc2)COc2ccccc2C(=O)N[C@H](C(=O)NCC2CC2)CCC1=O. The van der Waals surface area contributed by atoms with Gasteiger partial charge in [-0.25, -0.2) is 0 Å². The molecule has 2 aliphatic rings. The number of para-hydroxylation sites is 1. The Morgan fingerprint density at radius 1 is 0.974 bits per heavy atom. The van der Waals surface area contributed by atoms with Gasteiger partial charge in [0, 0.05) is 27.1 Å². The predicted octanol–water partition coefficient (Wildman–Crippen LogP) is 2.01. The molecule has 2 aromatic rings. The molecule has 38 heavy (non-hydrogen) atoms. The van der Waals surface area contributed by atoms with Crippen LogP contribution < -0.4 is 15.4 Å². The van der Waals surface area contributed by atoms with Crippen molar-refractivity contribution in [3.63, 3.8) is 0 Å². The maximum atomic E-state index is 13.3. The van der Waals surface area contributed by atoms with E-state index in [1.165, 1.54) is 4.90 Å². The van der Waals surface area contributed by atoms with Crippen LogP contribution in [0.25, 0.3) is 0 Å². The van der Waals surface area contributed by atoms with Gasteiger partial charge in [0.1, 0.15) is 18.4 Å². The molecule has 0 bridgehead atoms. The summed E-state index contributed by atoms with van der Waals surface area (Å²) >= 11 is 0. The summed E-state index contributed by atoms with van der Waals surface area (Å²) < 4.78 is 6.13. The lowest BCUT2D eigenvalue weighted by molar-refractivity contribution is -0.140. The quantitative estimate of drug-likeness (QED) is 0.627. The third-order valence-electron chi connectivity index (χ3n) is 7.15. The first kappa shape index (κ1) is 27.2. The van der Waals surface area contributed by atoms with Gasteiger partial charge in [-0.15, -0.1) is 0 Å². The van der Waals surface area contributed by atoms with Crippen LogP contribution in [0.5, 0.6) is 5.75 Å². The van der Waals surface area contributed by atoms with Crippen LogP contribution in [0.2, 0.25) is 0 Å². The van der Waals surface area contributed by atoms with Crippen molar-refractivity contribution >= 4 is 23.6 Å². The Hall–Kier alpha value is -3.88. The molecule has 1 aliphatic carbocycles. The first-order chi connectivity index (χ1) is 18.3. The number of hydrogen-bond donors (Lipinski definition) is 2. The fourth-order valence-corrected chi connectivity index (χ4v) is 4.42. The molecule has 1 saturated carbocycles. The highest BCUT2D eigenvalue weighted by atomic mass is 16.5. The van der Waals surface area contributed by atoms with Crippen LogP contribution in [0.15, 0.2) is 54.6 Å². The molecular formula is C29H36N4O5. The summed E-state index contributed by atoms with van der Waals surface area (Å²) in [6.07, 6.45) is 2.84. The third-order valence-corrected chi connectivity index (χ3v) is 7.15. The number of likely N-dealkylation sites (N-methyl/N-ethyl adjacent to an activating group) is 2. The summed E-state index contributed by atoms with van der Waals surface area (Å²) in [6, 6.07) is 15.4. The maximum Gasteiger partial charge on any atom is 0.255 e. The van der Waals surface area contributed by atoms with E-state index in [1.807, 2.05) is 30.3 Å². The average Bonchev–Trinajstić information content (AvgIpc) is 3.76. The van der Waals surface area contributed by atoms with Gasteiger partial charge < -0.3 is 25.2 Å². The fourth-order valence-electron chi connectivity index (χ4n) is 4.42. The van der Waals surface area contributed by atoms with Crippen LogP contribution in [0.4, 0.5) is 0 Å². The molecule has 4 rings (SSSR count). The molecule has 0 radical (unpaired) electrons. The molecule has 202 valence electrons. The first-order valence-electron chi connectivity index (χ1n) is 13.2. The average molecular weight is 521 g/mol. The number of carbonyl (C=O) groups is 4. The van der Waals surface area contributed by atoms with Gasteiger partial charge in [-0.3, -0.25) is 19.2 Å². The Morgan fingerprint density at radius 3 is 2.42 bits per heavy atom. The zero-order valence-corrected chi connectivity index (χ0v) is 22.0. The molecule has 2 N–H and O–H groups in total. The Labute approximate surface area is 223 Å². The summed E-state index contributed by atoms with van der Waals surface area (Å²) in [6.45, 7) is 0.606. The van der Waals surface area contributed by atoms with Crippen molar-refractivity contribution in [1.29, 1.82) is 0 Å². The Kier molecular flexibility index (Phi) is 8.99. The summed E-state index contributed by atoms with van der Waals surface area (Å²) in [5, 5.41) is 5.71. The largest absolute Gasteiger partial charge is 0.491 e. The van der Waals surface area contributed by atoms with Gasteiger partial charge in [0.2, 0.25) is 17.7 Å². The van der Waals surface area contributed by atoms with Crippen molar-refractivity contribution in [2.45, 2.75) is 44.2 Å². The molecule has 0 saturated heterocycles. The van der Waals surface area contributed by atoms with E-state index >= 15 is 0 Å². The number of nitrogens with one attached hydrogen (secondary N) is 2. The zero-order valence-electron chi connectivity index (χ0n) is 22.0. The van der Waals surface area contributed by atoms with Gasteiger partial charge >= 0.3 is 0 Å². The highest BCUT2D eigenvalue weighted by molar-refractivity contribution is 5.99. The van der Waals surface area contributed by atoms with Crippen molar-refractivity contribution in [2.75, 3.05) is 33.8 Å². The minimum Gasteiger partial charge on any atom is -0.491 e. The van der Waals surface area contributed by atoms with Crippen LogP contribution in [0, 0.1) is 5.92 Å². The first-order valence-corrected chi connectivity index (χ1v) is 13.2. The molecular weight excluding hydrogens is 484 g/mol. The van der Waals surface area contributed by atoms with Gasteiger partial charge in [0.05, 0.1) is 18.2 Å². The van der Waals surface area contributed by atoms with Gasteiger partial charge in [-0.1, -0.05) is 42.5 Å². The minimum absolute atomic E-state index is 0.0148. The van der Waals surface area contributed by atoms with E-state index in [0.717, 1.165) is 18.4 Å². The second kappa shape index (κ2) is 12.6. The highest BCUT2D eigenvalue weighted by Gasteiger charge is 2.29. The van der Waals surface area contributed by atoms with E-state index in [9.17, 15) is 19.2 Å². The highest BCUT2D eigenvalue weighted by Crippen LogP contribution is 2.27. The van der Waals surface area contributed by atoms with Gasteiger partial charge in [0.25, 0.3) is 5.91 Å². The molecule has 4 amide bonds. The Morgan fingerprint density at radius 2 is 1.68 bits per heavy atom. The Balaban J connectivity index is 1.59. The lowest BCUT2D eigenvalue weighted by Gasteiger charge is -2.30. The van der Waals surface area contributed by atoms with Gasteiger partial charge in [-0.05, 0) is 49.3 Å². The number of rotatable bonds is 5. The Bertz CT molecular complexity index is 1150. The molecule has 1 fully saturated rings. The monoisotopic (exact) mass is 520 g/mol. The molecule has 0 unspecified atom stereocenters. The molecule has 9 heteroatoms. The van der Waals surface area contributed by atoms with E-state index in [0.29, 0.717) is 30.2 Å². The number of carbonyl (C=O) groups excluding carboxylic acids is 4. The lowest BCUT2D eigenvalue weighted by Crippen LogP contribution is -2.48. The number of benzene rings is 2. The van der Waals surface area contributed by atoms with E-state index in [1.54, 1.807) is 43.3 Å². The van der Waals surface area contributed by atoms with E-state index < -0.39 is 11.9 Å². The number of fused-ring (bicyclic) bond motifs is 1. The van der Waals surface area contributed by atoms with Gasteiger partial charge in [0.15, 0.2) is 0 Å². The lowest BCUT2D eigenvalue weighted by atomic mass is 10.1. The van der Waals surface area contributed by atoms with E-state index in [4.69, 9.17) is 4.74 Å². The standard InChI is InChI=1S/C29H36N4O5/c1-32-18-27(35)33(2)22(16-20-8-4-3-5-9-20)19-38-25-11-7-6-10-23(25)28(36)31-24(14-15-26(32)34)29(37)30-17-21-12-13-21/h3-11,21-22,24H,12-19H2,1-2H3,(H,30,37)(H,31,36)/t22-,24+/m1/s1. The topological polar surface area (TPSA) is 108 Å². The van der Waals surface area contributed by atoms with E-state index in [2.05, 4.69) is 10.6 Å². The predicted molar refractivity (Wildman–Crippen MR) is 142 cm³/mol. The molecule has 2 atom stereocenters. The number of ether oxygens (including phenoxy) is 1. The van der Waals surface area contributed by atoms with Crippen molar-refractivity contribution < 1.29 is 23.9 Å². The molecule has 1 aliphatic heterocycles. The van der Waals surface area contributed by atoms with Crippen LogP contribution >= 0.6 is 0 Å². The van der Waals surface area contributed by atoms with Crippen LogP contribution in [0.3, 0.4) is 0 Å². The summed E-state index contributed by atoms with van der Waals surface area (Å²) in [4.78, 5) is 55.3. The van der Waals surface area contributed by atoms with Crippen molar-refractivity contribution in [1.82, 2.24) is 20.4 Å². The van der Waals surface area contributed by atoms with Crippen molar-refractivity contribution in [2.24, 2.45) is 5.92 Å². The van der Waals surface area contributed by atoms with Gasteiger partial charge in [-0.2, -0.15) is 0 Å². The maximum absolute atomic E-state index is 13.3. The second-order valence-corrected chi connectivity index (χ2v) is 10.2. The number of amides is 4.